The summed E-state index contributed by atoms with van der Waals surface area (Å²) >= 11 is 12.2. The Hall–Kier alpha value is -2.94. The number of hydrogen-bond acceptors (Lipinski definition) is 7. The number of aliphatic hydroxyl groups is 1. The van der Waals surface area contributed by atoms with Gasteiger partial charge in [-0.15, -0.1) is 0 Å². The molecule has 4 N–H and O–H groups in total. The Balaban J connectivity index is 1.82. The Morgan fingerprint density at radius 2 is 1.78 bits per heavy atom. The Labute approximate surface area is 196 Å². The van der Waals surface area contributed by atoms with Crippen molar-refractivity contribution in [2.75, 3.05) is 22.6 Å². The molecule has 1 amide bonds. The first kappa shape index (κ1) is 23.7. The third-order valence-corrected chi connectivity index (χ3v) is 5.08. The Morgan fingerprint density at radius 3 is 2.44 bits per heavy atom. The predicted octanol–water partition coefficient (Wildman–Crippen LogP) is 5.09. The van der Waals surface area contributed by atoms with Gasteiger partial charge >= 0.3 is 0 Å². The number of benzene rings is 1. The Bertz CT molecular complexity index is 1090. The molecule has 1 unspecified atom stereocenters. The molecule has 0 aliphatic carbocycles. The van der Waals surface area contributed by atoms with Gasteiger partial charge in [-0.25, -0.2) is 9.97 Å². The first-order valence-electron chi connectivity index (χ1n) is 10.0. The Kier molecular flexibility index (Phi) is 7.84. The zero-order valence-corrected chi connectivity index (χ0v) is 19.4. The van der Waals surface area contributed by atoms with E-state index in [2.05, 4.69) is 30.9 Å². The number of nitrogens with zero attached hydrogens (tertiary/aromatic N) is 3. The van der Waals surface area contributed by atoms with E-state index in [-0.39, 0.29) is 34.2 Å². The first-order valence-corrected chi connectivity index (χ1v) is 10.8. The normalized spacial score (nSPS) is 11.8. The van der Waals surface area contributed by atoms with Gasteiger partial charge in [0.15, 0.2) is 0 Å². The molecule has 0 aliphatic heterocycles. The van der Waals surface area contributed by atoms with Gasteiger partial charge < -0.3 is 21.1 Å². The number of nitrogens with one attached hydrogen (secondary N) is 3. The zero-order chi connectivity index (χ0) is 23.3. The summed E-state index contributed by atoms with van der Waals surface area (Å²) in [7, 11) is 0. The van der Waals surface area contributed by atoms with Crippen molar-refractivity contribution in [1.82, 2.24) is 15.0 Å². The molecule has 32 heavy (non-hydrogen) atoms. The summed E-state index contributed by atoms with van der Waals surface area (Å²) in [6.07, 6.45) is 1.56. The van der Waals surface area contributed by atoms with Crippen LogP contribution in [-0.2, 0) is 0 Å². The van der Waals surface area contributed by atoms with Crippen molar-refractivity contribution in [3.63, 3.8) is 0 Å². The van der Waals surface area contributed by atoms with Crippen LogP contribution >= 0.6 is 23.2 Å². The van der Waals surface area contributed by atoms with E-state index in [9.17, 15) is 9.90 Å². The van der Waals surface area contributed by atoms with Crippen LogP contribution in [0.2, 0.25) is 10.0 Å². The van der Waals surface area contributed by atoms with Crippen LogP contribution in [-0.4, -0.2) is 38.6 Å². The molecular weight excluding hydrogens is 451 g/mol. The number of anilines is 4. The van der Waals surface area contributed by atoms with E-state index in [0.29, 0.717) is 23.3 Å². The van der Waals surface area contributed by atoms with E-state index in [1.165, 1.54) is 0 Å². The quantitative estimate of drug-likeness (QED) is 0.359. The molecule has 0 saturated carbocycles. The fraction of sp³-hybridized carbons (Fsp3) is 0.273. The maximum atomic E-state index is 12.7. The fourth-order valence-electron chi connectivity index (χ4n) is 2.77. The zero-order valence-electron chi connectivity index (χ0n) is 17.9. The summed E-state index contributed by atoms with van der Waals surface area (Å²) in [6.45, 7) is 5.84. The minimum Gasteiger partial charge on any atom is -0.394 e. The molecule has 1 atom stereocenters. The summed E-state index contributed by atoms with van der Waals surface area (Å²) < 4.78 is 0. The number of pyridine rings is 1. The van der Waals surface area contributed by atoms with E-state index in [1.54, 1.807) is 36.5 Å². The SMILES string of the molecule is CC(CO)Nc1nc(Nc2cc(NC(=O)c3c(Cl)cccc3Cl)ccn2)cc(C(C)C)n1. The lowest BCUT2D eigenvalue weighted by atomic mass is 10.1. The van der Waals surface area contributed by atoms with E-state index in [4.69, 9.17) is 23.2 Å². The second-order valence-corrected chi connectivity index (χ2v) is 8.30. The van der Waals surface area contributed by atoms with Gasteiger partial charge in [-0.05, 0) is 31.0 Å². The molecule has 0 aliphatic rings. The van der Waals surface area contributed by atoms with Crippen LogP contribution in [0.4, 0.5) is 23.3 Å². The molecule has 0 radical (unpaired) electrons. The summed E-state index contributed by atoms with van der Waals surface area (Å²) in [5, 5.41) is 18.8. The molecule has 0 spiro atoms. The fourth-order valence-corrected chi connectivity index (χ4v) is 3.34. The first-order chi connectivity index (χ1) is 15.3. The number of rotatable bonds is 8. The van der Waals surface area contributed by atoms with Crippen molar-refractivity contribution in [2.24, 2.45) is 0 Å². The molecule has 2 aromatic heterocycles. The van der Waals surface area contributed by atoms with Crippen molar-refractivity contribution in [2.45, 2.75) is 32.7 Å². The molecule has 3 rings (SSSR count). The average Bonchev–Trinajstić information content (AvgIpc) is 2.73. The summed E-state index contributed by atoms with van der Waals surface area (Å²) in [5.74, 6) is 1.15. The molecule has 2 heterocycles. The molecule has 0 fully saturated rings. The van der Waals surface area contributed by atoms with Crippen molar-refractivity contribution < 1.29 is 9.90 Å². The van der Waals surface area contributed by atoms with Crippen LogP contribution < -0.4 is 16.0 Å². The molecule has 8 nitrogen and oxygen atoms in total. The number of hydrogen-bond donors (Lipinski definition) is 4. The standard InChI is InChI=1S/C22H24Cl2N6O2/c1-12(2)17-10-19(30-22(28-17)26-13(3)11-31)29-18-9-14(7-8-25-18)27-21(32)20-15(23)5-4-6-16(20)24/h4-10,12-13,31H,11H2,1-3H3,(H3,25,26,27,28,29,30,32). The second-order valence-electron chi connectivity index (χ2n) is 7.49. The maximum Gasteiger partial charge on any atom is 0.258 e. The van der Waals surface area contributed by atoms with Crippen molar-refractivity contribution in [3.05, 3.63) is 63.9 Å². The van der Waals surface area contributed by atoms with Crippen molar-refractivity contribution in [1.29, 1.82) is 0 Å². The van der Waals surface area contributed by atoms with Gasteiger partial charge in [0.05, 0.1) is 27.9 Å². The highest BCUT2D eigenvalue weighted by molar-refractivity contribution is 6.40. The average molecular weight is 475 g/mol. The smallest absolute Gasteiger partial charge is 0.258 e. The molecule has 3 aromatic rings. The number of carbonyl (C=O) groups excluding carboxylic acids is 1. The highest BCUT2D eigenvalue weighted by Crippen LogP contribution is 2.26. The minimum absolute atomic E-state index is 0.0449. The topological polar surface area (TPSA) is 112 Å². The molecule has 168 valence electrons. The molecular formula is C22H24Cl2N6O2. The van der Waals surface area contributed by atoms with Crippen LogP contribution in [0.1, 0.15) is 42.7 Å². The van der Waals surface area contributed by atoms with Gasteiger partial charge in [-0.1, -0.05) is 43.1 Å². The van der Waals surface area contributed by atoms with Gasteiger partial charge in [-0.2, -0.15) is 4.98 Å². The summed E-state index contributed by atoms with van der Waals surface area (Å²) in [4.78, 5) is 25.9. The number of aliphatic hydroxyl groups excluding tert-OH is 1. The van der Waals surface area contributed by atoms with Gasteiger partial charge in [0, 0.05) is 30.1 Å². The molecule has 1 aromatic carbocycles. The lowest BCUT2D eigenvalue weighted by Gasteiger charge is -2.15. The second kappa shape index (κ2) is 10.6. The third-order valence-electron chi connectivity index (χ3n) is 4.45. The molecule has 0 bridgehead atoms. The van der Waals surface area contributed by atoms with Gasteiger partial charge in [0.25, 0.3) is 5.91 Å². The lowest BCUT2D eigenvalue weighted by Crippen LogP contribution is -2.21. The van der Waals surface area contributed by atoms with Crippen LogP contribution in [0.3, 0.4) is 0 Å². The minimum atomic E-state index is -0.425. The monoisotopic (exact) mass is 474 g/mol. The van der Waals surface area contributed by atoms with Crippen LogP contribution in [0.15, 0.2) is 42.6 Å². The van der Waals surface area contributed by atoms with Crippen molar-refractivity contribution >= 4 is 52.4 Å². The highest BCUT2D eigenvalue weighted by Gasteiger charge is 2.15. The highest BCUT2D eigenvalue weighted by atomic mass is 35.5. The molecule has 10 heteroatoms. The summed E-state index contributed by atoms with van der Waals surface area (Å²) in [6, 6.07) is 9.84. The van der Waals surface area contributed by atoms with Crippen LogP contribution in [0.5, 0.6) is 0 Å². The van der Waals surface area contributed by atoms with E-state index >= 15 is 0 Å². The van der Waals surface area contributed by atoms with Gasteiger partial charge in [-0.3, -0.25) is 4.79 Å². The lowest BCUT2D eigenvalue weighted by molar-refractivity contribution is 0.102. The van der Waals surface area contributed by atoms with Crippen LogP contribution in [0, 0.1) is 0 Å². The van der Waals surface area contributed by atoms with E-state index < -0.39 is 5.91 Å². The summed E-state index contributed by atoms with van der Waals surface area (Å²) in [5.41, 5.74) is 1.54. The maximum absolute atomic E-state index is 12.7. The Morgan fingerprint density at radius 1 is 1.06 bits per heavy atom. The van der Waals surface area contributed by atoms with Gasteiger partial charge in [0.1, 0.15) is 11.6 Å². The number of carbonyl (C=O) groups is 1. The molecule has 0 saturated heterocycles. The predicted molar refractivity (Wildman–Crippen MR) is 128 cm³/mol. The third kappa shape index (κ3) is 6.06. The number of halogens is 2. The van der Waals surface area contributed by atoms with Crippen molar-refractivity contribution in [3.8, 4) is 0 Å². The number of amides is 1. The van der Waals surface area contributed by atoms with Gasteiger partial charge in [0.2, 0.25) is 5.95 Å². The number of aromatic nitrogens is 3. The van der Waals surface area contributed by atoms with E-state index in [1.807, 2.05) is 26.8 Å². The largest absolute Gasteiger partial charge is 0.394 e. The van der Waals surface area contributed by atoms with E-state index in [0.717, 1.165) is 5.69 Å². The van der Waals surface area contributed by atoms with Crippen LogP contribution in [0.25, 0.3) is 0 Å².